The number of esters is 2. The molecule has 0 radical (unpaired) electrons. The van der Waals surface area contributed by atoms with Gasteiger partial charge < -0.3 is 45.1 Å². The van der Waals surface area contributed by atoms with Gasteiger partial charge in [0.25, 0.3) is 0 Å². The van der Waals surface area contributed by atoms with E-state index in [-0.39, 0.29) is 18.7 Å². The molecule has 0 amide bonds. The number of unbranched alkanes of at least 4 members (excludes halogenated alkanes) is 8. The molecule has 0 aromatic carbocycles. The van der Waals surface area contributed by atoms with Crippen molar-refractivity contribution in [2.24, 2.45) is 0 Å². The van der Waals surface area contributed by atoms with E-state index in [9.17, 15) is 48.6 Å². The number of allylic oxidation sites excluding steroid dienone is 14. The Hall–Kier alpha value is -4.36. The first-order valence-corrected chi connectivity index (χ1v) is 28.3. The quantitative estimate of drug-likeness (QED) is 0.0117. The molecule has 19 nitrogen and oxygen atoms in total. The number of carbonyl (C=O) groups excluding carboxylic acids is 2. The van der Waals surface area contributed by atoms with Crippen molar-refractivity contribution in [2.45, 2.75) is 173 Å². The molecule has 0 bridgehead atoms. The van der Waals surface area contributed by atoms with Gasteiger partial charge in [0.05, 0.1) is 19.3 Å². The molecule has 0 aliphatic carbocycles. The van der Waals surface area contributed by atoms with Crippen LogP contribution in [0.15, 0.2) is 114 Å². The van der Waals surface area contributed by atoms with Gasteiger partial charge >= 0.3 is 33.3 Å². The summed E-state index contributed by atoms with van der Waals surface area (Å²) in [6, 6.07) is 1.24. The Kier molecular flexibility index (Phi) is 34.7. The van der Waals surface area contributed by atoms with E-state index in [0.717, 1.165) is 68.6 Å². The lowest BCUT2D eigenvalue weighted by atomic mass is 10.1. The minimum Gasteiger partial charge on any atom is -0.462 e. The lowest BCUT2D eigenvalue weighted by Gasteiger charge is -2.21. The molecule has 7 N–H and O–H groups in total. The van der Waals surface area contributed by atoms with Crippen molar-refractivity contribution in [3.63, 3.8) is 0 Å². The Balaban J connectivity index is 1.85. The van der Waals surface area contributed by atoms with Crippen molar-refractivity contribution in [3.8, 4) is 0 Å². The zero-order valence-corrected chi connectivity index (χ0v) is 44.3. The van der Waals surface area contributed by atoms with E-state index < -0.39 is 89.8 Å². The van der Waals surface area contributed by atoms with Crippen LogP contribution in [-0.4, -0.2) is 96.9 Å². The summed E-state index contributed by atoms with van der Waals surface area (Å²) in [5.74, 6) is -1.46. The molecule has 0 spiro atoms. The normalized spacial score (nSPS) is 20.2. The van der Waals surface area contributed by atoms with E-state index >= 15 is 0 Å². The Labute approximate surface area is 431 Å². The first kappa shape index (κ1) is 64.8. The van der Waals surface area contributed by atoms with E-state index in [1.165, 1.54) is 25.3 Å². The number of phosphoric acid groups is 2. The molecule has 1 aliphatic rings. The number of hydrogen-bond donors (Lipinski definition) is 6. The molecular formula is C52H81N3O16P2. The molecule has 1 aliphatic heterocycles. The van der Waals surface area contributed by atoms with Gasteiger partial charge in [0.1, 0.15) is 30.7 Å². The van der Waals surface area contributed by atoms with E-state index in [1.807, 2.05) is 48.6 Å². The number of carbonyl (C=O) groups is 2. The zero-order valence-electron chi connectivity index (χ0n) is 42.5. The van der Waals surface area contributed by atoms with Crippen LogP contribution in [0.1, 0.15) is 142 Å². The highest BCUT2D eigenvalue weighted by atomic mass is 31.3. The lowest BCUT2D eigenvalue weighted by molar-refractivity contribution is -0.161. The summed E-state index contributed by atoms with van der Waals surface area (Å²) in [5, 5.41) is 31.0. The van der Waals surface area contributed by atoms with Crippen LogP contribution < -0.4 is 11.4 Å². The van der Waals surface area contributed by atoms with Crippen molar-refractivity contribution < 1.29 is 71.4 Å². The van der Waals surface area contributed by atoms with Crippen LogP contribution in [-0.2, 0) is 46.3 Å². The summed E-state index contributed by atoms with van der Waals surface area (Å²) >= 11 is 0. The fourth-order valence-electron chi connectivity index (χ4n) is 6.80. The molecule has 3 unspecified atom stereocenters. The van der Waals surface area contributed by atoms with Gasteiger partial charge in [-0.2, -0.15) is 9.29 Å². The fraction of sp³-hybridized carbons (Fsp3) is 0.577. The molecule has 2 heterocycles. The van der Waals surface area contributed by atoms with Crippen LogP contribution in [0.3, 0.4) is 0 Å². The molecule has 1 saturated heterocycles. The maximum atomic E-state index is 12.9. The van der Waals surface area contributed by atoms with E-state index in [0.29, 0.717) is 32.1 Å². The lowest BCUT2D eigenvalue weighted by Crippen LogP contribution is -2.36. The Morgan fingerprint density at radius 1 is 0.740 bits per heavy atom. The number of rotatable bonds is 40. The van der Waals surface area contributed by atoms with Gasteiger partial charge in [-0.05, 0) is 83.1 Å². The standard InChI is InChI=1S/C52H81N3O16P2/c1-3-5-7-9-11-12-13-14-15-16-17-22-25-29-33-37-48(58)69-44(40-66-47(57)36-32-28-24-21-19-18-20-23-27-31-35-43(56)34-30-26-10-8-6-4-2)41-67-72(62,63)71-73(64,65)68-42-45-49(59)50(60)51(70-45)55-39-38-46(53)54-52(55)61/h6,8,11-12,14-15,18-19,23-24,26-28,30-31,35,38-39,43-45,49-51,56,59-60H,3-5,7,9-10,13,16-17,20-22,25,29,32-34,36-37,40-42H2,1-2H3,(H,62,63)(H,64,65)(H2,53,54,61)/b8-6-,12-11-,15-14-,19-18-,27-23-,28-24-,30-26-,35-31+/t43?,44-,45-,49-,50-,51-/m1/s1. The minimum absolute atomic E-state index is 0.00253. The third-order valence-corrected chi connectivity index (χ3v) is 13.3. The molecule has 73 heavy (non-hydrogen) atoms. The van der Waals surface area contributed by atoms with Gasteiger partial charge in [0.2, 0.25) is 0 Å². The maximum Gasteiger partial charge on any atom is 0.481 e. The van der Waals surface area contributed by atoms with Gasteiger partial charge in [-0.25, -0.2) is 13.9 Å². The van der Waals surface area contributed by atoms with Crippen molar-refractivity contribution in [1.29, 1.82) is 0 Å². The second-order valence-electron chi connectivity index (χ2n) is 17.1. The number of ether oxygens (including phenoxy) is 3. The van der Waals surface area contributed by atoms with Crippen LogP contribution in [0.2, 0.25) is 0 Å². The fourth-order valence-corrected chi connectivity index (χ4v) is 8.92. The van der Waals surface area contributed by atoms with Crippen molar-refractivity contribution >= 4 is 33.4 Å². The number of hydrogen-bond acceptors (Lipinski definition) is 16. The second-order valence-corrected chi connectivity index (χ2v) is 20.2. The second kappa shape index (κ2) is 39.1. The van der Waals surface area contributed by atoms with Gasteiger partial charge in [0, 0.05) is 19.0 Å². The molecule has 2 rings (SSSR count). The largest absolute Gasteiger partial charge is 0.481 e. The average molecular weight is 1070 g/mol. The summed E-state index contributed by atoms with van der Waals surface area (Å²) in [5.41, 5.74) is 4.57. The molecule has 21 heteroatoms. The Bertz CT molecular complexity index is 2120. The van der Waals surface area contributed by atoms with E-state index in [4.69, 9.17) is 29.0 Å². The molecule has 0 saturated carbocycles. The van der Waals surface area contributed by atoms with Crippen LogP contribution in [0.4, 0.5) is 5.82 Å². The Morgan fingerprint density at radius 3 is 2.03 bits per heavy atom. The number of aliphatic hydroxyl groups excluding tert-OH is 3. The highest BCUT2D eigenvalue weighted by Gasteiger charge is 2.46. The molecule has 410 valence electrons. The topological polar surface area (TPSA) is 286 Å². The van der Waals surface area contributed by atoms with Crippen LogP contribution >= 0.6 is 15.6 Å². The number of nitrogens with two attached hydrogens (primary N) is 1. The Morgan fingerprint density at radius 2 is 1.34 bits per heavy atom. The van der Waals surface area contributed by atoms with Gasteiger partial charge in [0.15, 0.2) is 12.3 Å². The number of aromatic nitrogens is 2. The van der Waals surface area contributed by atoms with Crippen molar-refractivity contribution in [1.82, 2.24) is 9.55 Å². The predicted octanol–water partition coefficient (Wildman–Crippen LogP) is 9.41. The van der Waals surface area contributed by atoms with Crippen LogP contribution in [0.25, 0.3) is 0 Å². The molecule has 1 aromatic rings. The molecular weight excluding hydrogens is 985 g/mol. The summed E-state index contributed by atoms with van der Waals surface area (Å²) < 4.78 is 56.6. The number of aliphatic hydroxyl groups is 3. The van der Waals surface area contributed by atoms with Gasteiger partial charge in [-0.15, -0.1) is 0 Å². The summed E-state index contributed by atoms with van der Waals surface area (Å²) in [6.07, 6.45) is 39.5. The zero-order chi connectivity index (χ0) is 53.6. The molecule has 8 atom stereocenters. The summed E-state index contributed by atoms with van der Waals surface area (Å²) in [6.45, 7) is 1.84. The first-order chi connectivity index (χ1) is 35.1. The van der Waals surface area contributed by atoms with Crippen LogP contribution in [0, 0.1) is 0 Å². The number of anilines is 1. The minimum atomic E-state index is -5.45. The maximum absolute atomic E-state index is 12.9. The third-order valence-electron chi connectivity index (χ3n) is 10.7. The summed E-state index contributed by atoms with van der Waals surface area (Å²) in [7, 11) is -10.9. The van der Waals surface area contributed by atoms with Gasteiger partial charge in [-0.1, -0.05) is 143 Å². The number of nitrogen functional groups attached to an aromatic ring is 1. The number of phosphoric ester groups is 2. The number of nitrogens with zero attached hydrogens (tertiary/aromatic N) is 2. The molecule has 1 fully saturated rings. The van der Waals surface area contributed by atoms with E-state index in [1.54, 1.807) is 12.2 Å². The SMILES string of the molecule is CC/C=C\C/C=C\CC(O)/C=C/C=C\C/C=C\C/C=C\CCC(=O)OC[C@H](COP(=O)(O)OP(=O)(O)OC[C@H]1O[C@@H](n2ccc(N)nc2=O)[C@H](O)[C@@H]1O)OC(=O)CCCCCCC/C=C\C/C=C\CCCCC. The molecule has 1 aromatic heterocycles. The van der Waals surface area contributed by atoms with Crippen molar-refractivity contribution in [2.75, 3.05) is 25.6 Å². The average Bonchev–Trinajstić information content (AvgIpc) is 3.62. The van der Waals surface area contributed by atoms with Gasteiger partial charge in [-0.3, -0.25) is 23.2 Å². The predicted molar refractivity (Wildman–Crippen MR) is 281 cm³/mol. The van der Waals surface area contributed by atoms with Crippen LogP contribution in [0.5, 0.6) is 0 Å². The highest BCUT2D eigenvalue weighted by Crippen LogP contribution is 2.60. The first-order valence-electron chi connectivity index (χ1n) is 25.4. The third kappa shape index (κ3) is 31.9. The monoisotopic (exact) mass is 1070 g/mol. The van der Waals surface area contributed by atoms with E-state index in [2.05, 4.69) is 59.6 Å². The highest BCUT2D eigenvalue weighted by molar-refractivity contribution is 7.61. The van der Waals surface area contributed by atoms with Crippen molar-refractivity contribution in [3.05, 3.63) is 120 Å². The summed E-state index contributed by atoms with van der Waals surface area (Å²) in [4.78, 5) is 61.9. The smallest absolute Gasteiger partial charge is 0.462 e.